The average Bonchev–Trinajstić information content (AvgIpc) is 3.04. The van der Waals surface area contributed by atoms with E-state index in [0.29, 0.717) is 4.90 Å². The van der Waals surface area contributed by atoms with E-state index in [1.54, 1.807) is 19.2 Å². The number of para-hydroxylation sites is 1. The summed E-state index contributed by atoms with van der Waals surface area (Å²) in [4.78, 5) is 4.90. The van der Waals surface area contributed by atoms with E-state index in [1.807, 2.05) is 50.2 Å². The molecule has 4 nitrogen and oxygen atoms in total. The molecule has 0 radical (unpaired) electrons. The van der Waals surface area contributed by atoms with Crippen molar-refractivity contribution in [3.8, 4) is 0 Å². The van der Waals surface area contributed by atoms with Crippen LogP contribution >= 0.6 is 11.3 Å². The second-order valence-corrected chi connectivity index (χ2v) is 8.77. The van der Waals surface area contributed by atoms with E-state index in [1.165, 1.54) is 15.6 Å². The van der Waals surface area contributed by atoms with Crippen LogP contribution in [0.1, 0.15) is 30.5 Å². The lowest BCUT2D eigenvalue weighted by Gasteiger charge is -2.22. The van der Waals surface area contributed by atoms with Gasteiger partial charge in [0.2, 0.25) is 10.0 Å². The molecule has 0 unspecified atom stereocenters. The number of thiazole rings is 1. The highest BCUT2D eigenvalue weighted by Gasteiger charge is 2.28. The summed E-state index contributed by atoms with van der Waals surface area (Å²) in [5.74, 6) is 0. The Morgan fingerprint density at radius 3 is 2.42 bits per heavy atom. The Bertz CT molecular complexity index is 914. The van der Waals surface area contributed by atoms with Crippen LogP contribution in [-0.2, 0) is 16.4 Å². The monoisotopic (exact) mass is 360 g/mol. The van der Waals surface area contributed by atoms with E-state index in [-0.39, 0.29) is 6.04 Å². The molecule has 0 aliphatic heterocycles. The Kier molecular flexibility index (Phi) is 4.71. The molecular weight excluding hydrogens is 340 g/mol. The van der Waals surface area contributed by atoms with Gasteiger partial charge in [-0.15, -0.1) is 11.3 Å². The van der Waals surface area contributed by atoms with E-state index in [2.05, 4.69) is 4.98 Å². The summed E-state index contributed by atoms with van der Waals surface area (Å²) in [6.45, 7) is 3.92. The Hall–Kier alpha value is -1.76. The fourth-order valence-electron chi connectivity index (χ4n) is 2.50. The van der Waals surface area contributed by atoms with Crippen molar-refractivity contribution in [2.45, 2.75) is 31.2 Å². The highest BCUT2D eigenvalue weighted by Crippen LogP contribution is 2.31. The molecule has 1 heterocycles. The summed E-state index contributed by atoms with van der Waals surface area (Å²) in [6.07, 6.45) is 0.887. The van der Waals surface area contributed by atoms with E-state index >= 15 is 0 Å². The highest BCUT2D eigenvalue weighted by molar-refractivity contribution is 7.89. The molecule has 0 spiro atoms. The van der Waals surface area contributed by atoms with Crippen molar-refractivity contribution in [1.82, 2.24) is 9.29 Å². The van der Waals surface area contributed by atoms with Crippen molar-refractivity contribution in [1.29, 1.82) is 0 Å². The van der Waals surface area contributed by atoms with Crippen molar-refractivity contribution in [3.05, 3.63) is 59.1 Å². The van der Waals surface area contributed by atoms with Gasteiger partial charge in [0, 0.05) is 7.05 Å². The van der Waals surface area contributed by atoms with Crippen LogP contribution in [0.5, 0.6) is 0 Å². The summed E-state index contributed by atoms with van der Waals surface area (Å²) < 4.78 is 28.2. The normalized spacial score (nSPS) is 13.5. The van der Waals surface area contributed by atoms with E-state index in [9.17, 15) is 8.42 Å². The molecule has 3 aromatic rings. The van der Waals surface area contributed by atoms with Crippen LogP contribution in [0.4, 0.5) is 0 Å². The second kappa shape index (κ2) is 6.63. The summed E-state index contributed by atoms with van der Waals surface area (Å²) >= 11 is 1.53. The van der Waals surface area contributed by atoms with Gasteiger partial charge in [0.15, 0.2) is 0 Å². The van der Waals surface area contributed by atoms with Gasteiger partial charge in [-0.2, -0.15) is 4.31 Å². The molecule has 0 N–H and O–H groups in total. The van der Waals surface area contributed by atoms with Gasteiger partial charge in [-0.3, -0.25) is 0 Å². The predicted octanol–water partition coefficient (Wildman–Crippen LogP) is 4.24. The third-order valence-corrected chi connectivity index (χ3v) is 7.37. The van der Waals surface area contributed by atoms with Crippen molar-refractivity contribution in [2.75, 3.05) is 7.05 Å². The third kappa shape index (κ3) is 3.09. The first-order valence-electron chi connectivity index (χ1n) is 7.86. The number of benzene rings is 2. The van der Waals surface area contributed by atoms with Crippen molar-refractivity contribution >= 4 is 31.6 Å². The molecule has 0 aliphatic rings. The molecule has 24 heavy (non-hydrogen) atoms. The number of aryl methyl sites for hydroxylation is 1. The first kappa shape index (κ1) is 17.1. The molecule has 1 aromatic heterocycles. The number of fused-ring (bicyclic) bond motifs is 1. The van der Waals surface area contributed by atoms with E-state index in [0.717, 1.165) is 27.2 Å². The summed E-state index contributed by atoms with van der Waals surface area (Å²) in [5, 5.41) is 0.799. The van der Waals surface area contributed by atoms with Gasteiger partial charge in [0.25, 0.3) is 0 Å². The Morgan fingerprint density at radius 2 is 1.79 bits per heavy atom. The van der Waals surface area contributed by atoms with Gasteiger partial charge in [-0.25, -0.2) is 13.4 Å². The Labute approximate surface area is 146 Å². The molecule has 0 saturated heterocycles. The molecule has 126 valence electrons. The minimum Gasteiger partial charge on any atom is -0.239 e. The number of sulfonamides is 1. The predicted molar refractivity (Wildman–Crippen MR) is 98.8 cm³/mol. The quantitative estimate of drug-likeness (QED) is 0.684. The molecule has 1 atom stereocenters. The van der Waals surface area contributed by atoms with Gasteiger partial charge in [0.05, 0.1) is 21.2 Å². The number of rotatable bonds is 5. The van der Waals surface area contributed by atoms with E-state index < -0.39 is 10.0 Å². The zero-order valence-corrected chi connectivity index (χ0v) is 15.6. The fraction of sp³-hybridized carbons (Fsp3) is 0.278. The molecule has 3 rings (SSSR count). The molecule has 0 fully saturated rings. The summed E-state index contributed by atoms with van der Waals surface area (Å²) in [7, 11) is -1.94. The Morgan fingerprint density at radius 1 is 1.12 bits per heavy atom. The molecule has 2 aromatic carbocycles. The van der Waals surface area contributed by atoms with Crippen LogP contribution in [0.25, 0.3) is 10.2 Å². The average molecular weight is 361 g/mol. The summed E-state index contributed by atoms with van der Waals surface area (Å²) in [5.41, 5.74) is 2.03. The van der Waals surface area contributed by atoms with Crippen LogP contribution in [-0.4, -0.2) is 24.8 Å². The molecule has 0 amide bonds. The molecule has 6 heteroatoms. The lowest BCUT2D eigenvalue weighted by atomic mass is 10.2. The maximum Gasteiger partial charge on any atom is 0.243 e. The minimum atomic E-state index is -3.55. The van der Waals surface area contributed by atoms with Crippen molar-refractivity contribution < 1.29 is 8.42 Å². The molecular formula is C18H20N2O2S2. The van der Waals surface area contributed by atoms with Crippen molar-refractivity contribution in [2.24, 2.45) is 0 Å². The Balaban J connectivity index is 1.91. The fourth-order valence-corrected chi connectivity index (χ4v) is 4.95. The van der Waals surface area contributed by atoms with Crippen LogP contribution in [0, 0.1) is 0 Å². The first-order valence-corrected chi connectivity index (χ1v) is 10.1. The maximum atomic E-state index is 12.9. The molecule has 0 saturated carbocycles. The number of hydrogen-bond donors (Lipinski definition) is 0. The van der Waals surface area contributed by atoms with E-state index in [4.69, 9.17) is 0 Å². The lowest BCUT2D eigenvalue weighted by Crippen LogP contribution is -2.29. The van der Waals surface area contributed by atoms with Gasteiger partial charge < -0.3 is 0 Å². The van der Waals surface area contributed by atoms with Crippen LogP contribution in [0.15, 0.2) is 53.4 Å². The van der Waals surface area contributed by atoms with Gasteiger partial charge in [-0.1, -0.05) is 31.2 Å². The van der Waals surface area contributed by atoms with Gasteiger partial charge in [0.1, 0.15) is 5.01 Å². The van der Waals surface area contributed by atoms with Crippen LogP contribution in [0.2, 0.25) is 0 Å². The first-order chi connectivity index (χ1) is 11.4. The zero-order chi connectivity index (χ0) is 17.3. The zero-order valence-electron chi connectivity index (χ0n) is 13.9. The topological polar surface area (TPSA) is 50.3 Å². The SMILES string of the molecule is CCc1ccc(S(=O)(=O)N(C)[C@H](C)c2nc3ccccc3s2)cc1. The van der Waals surface area contributed by atoms with Gasteiger partial charge >= 0.3 is 0 Å². The minimum absolute atomic E-state index is 0.315. The van der Waals surface area contributed by atoms with Gasteiger partial charge in [-0.05, 0) is 43.2 Å². The highest BCUT2D eigenvalue weighted by atomic mass is 32.2. The smallest absolute Gasteiger partial charge is 0.239 e. The number of aromatic nitrogens is 1. The maximum absolute atomic E-state index is 12.9. The number of nitrogens with zero attached hydrogens (tertiary/aromatic N) is 2. The van der Waals surface area contributed by atoms with Crippen molar-refractivity contribution in [3.63, 3.8) is 0 Å². The molecule has 0 bridgehead atoms. The number of hydrogen-bond acceptors (Lipinski definition) is 4. The largest absolute Gasteiger partial charge is 0.243 e. The standard InChI is InChI=1S/C18H20N2O2S2/c1-4-14-9-11-15(12-10-14)24(21,22)20(3)13(2)18-19-16-7-5-6-8-17(16)23-18/h5-13H,4H2,1-3H3/t13-/m1/s1. The lowest BCUT2D eigenvalue weighted by molar-refractivity contribution is 0.398. The van der Waals surface area contributed by atoms with Crippen LogP contribution < -0.4 is 0 Å². The molecule has 0 aliphatic carbocycles. The second-order valence-electron chi connectivity index (χ2n) is 5.71. The van der Waals surface area contributed by atoms with Crippen LogP contribution in [0.3, 0.4) is 0 Å². The third-order valence-electron chi connectivity index (χ3n) is 4.22. The summed E-state index contributed by atoms with van der Waals surface area (Å²) in [6, 6.07) is 14.6.